The Balaban J connectivity index is 2.06. The van der Waals surface area contributed by atoms with Gasteiger partial charge in [-0.1, -0.05) is 50.5 Å². The number of aliphatic carboxylic acids is 1. The van der Waals surface area contributed by atoms with Crippen LogP contribution in [0.5, 0.6) is 0 Å². The molecule has 1 aliphatic rings. The number of likely N-dealkylation sites (N-methyl/N-ethyl adjacent to an activating group) is 1. The van der Waals surface area contributed by atoms with Gasteiger partial charge in [0.25, 0.3) is 0 Å². The minimum absolute atomic E-state index is 0.260. The molecule has 31 heavy (non-hydrogen) atoms. The first-order valence-corrected chi connectivity index (χ1v) is 11.9. The molecule has 0 aromatic carbocycles. The Labute approximate surface area is 188 Å². The van der Waals surface area contributed by atoms with Gasteiger partial charge in [-0.15, -0.1) is 0 Å². The molecule has 0 aliphatic carbocycles. The minimum Gasteiger partial charge on any atom is -0.550 e. The van der Waals surface area contributed by atoms with Gasteiger partial charge in [-0.3, -0.25) is 4.79 Å². The molecule has 1 fully saturated rings. The average molecular weight is 438 g/mol. The van der Waals surface area contributed by atoms with Gasteiger partial charge in [-0.2, -0.15) is 0 Å². The van der Waals surface area contributed by atoms with Crippen molar-refractivity contribution in [2.75, 3.05) is 27.7 Å². The van der Waals surface area contributed by atoms with Crippen molar-refractivity contribution in [2.45, 2.75) is 95.9 Å². The molecule has 0 aromatic heterocycles. The fourth-order valence-electron chi connectivity index (χ4n) is 3.57. The van der Waals surface area contributed by atoms with Gasteiger partial charge in [-0.25, -0.2) is 0 Å². The topological polar surface area (TPSA) is 79.0 Å². The van der Waals surface area contributed by atoms with Crippen LogP contribution in [0.2, 0.25) is 0 Å². The zero-order chi connectivity index (χ0) is 23.1. The molecule has 6 nitrogen and oxygen atoms in total. The Bertz CT molecular complexity index is 579. The van der Waals surface area contributed by atoms with Crippen LogP contribution in [-0.2, 0) is 19.1 Å². The van der Waals surface area contributed by atoms with Crippen LogP contribution in [-0.4, -0.2) is 62.4 Å². The van der Waals surface area contributed by atoms with E-state index in [4.69, 9.17) is 9.47 Å². The Hall–Kier alpha value is -1.66. The van der Waals surface area contributed by atoms with Gasteiger partial charge in [0.1, 0.15) is 6.54 Å². The molecule has 3 atom stereocenters. The molecule has 1 aliphatic heterocycles. The van der Waals surface area contributed by atoms with E-state index < -0.39 is 12.1 Å². The second-order valence-corrected chi connectivity index (χ2v) is 9.53. The highest BCUT2D eigenvalue weighted by Gasteiger charge is 2.36. The van der Waals surface area contributed by atoms with Crippen LogP contribution in [0.3, 0.4) is 0 Å². The number of hydrogen-bond acceptors (Lipinski definition) is 5. The van der Waals surface area contributed by atoms with Crippen molar-refractivity contribution in [3.8, 4) is 0 Å². The van der Waals surface area contributed by atoms with E-state index in [1.165, 1.54) is 25.7 Å². The third-order valence-corrected chi connectivity index (χ3v) is 5.20. The molecule has 1 rings (SSSR count). The standard InChI is InChI=1S/C25H43NO5/c1-5-6-13-16-22-23(31-22)17-14-11-9-7-8-10-12-15-18-25(29)30-21(19-24(27)28)20-26(2,3)4/h7-8,11,14,21-23H,5-6,9-10,12-13,15-20H2,1-4H3/b8-7+,14-11+. The van der Waals surface area contributed by atoms with Crippen molar-refractivity contribution in [2.24, 2.45) is 0 Å². The summed E-state index contributed by atoms with van der Waals surface area (Å²) in [6, 6.07) is 0. The summed E-state index contributed by atoms with van der Waals surface area (Å²) in [5.41, 5.74) is 0. The van der Waals surface area contributed by atoms with Crippen molar-refractivity contribution in [3.05, 3.63) is 24.3 Å². The van der Waals surface area contributed by atoms with E-state index in [2.05, 4.69) is 31.2 Å². The van der Waals surface area contributed by atoms with E-state index in [0.717, 1.165) is 32.1 Å². The second kappa shape index (κ2) is 15.2. The number of hydrogen-bond donors (Lipinski definition) is 0. The maximum absolute atomic E-state index is 12.0. The molecular formula is C25H43NO5. The highest BCUT2D eigenvalue weighted by molar-refractivity contribution is 5.70. The predicted octanol–water partition coefficient (Wildman–Crippen LogP) is 3.55. The number of quaternary nitrogens is 1. The van der Waals surface area contributed by atoms with Crippen LogP contribution in [0, 0.1) is 0 Å². The van der Waals surface area contributed by atoms with Crippen LogP contribution in [0.25, 0.3) is 0 Å². The van der Waals surface area contributed by atoms with E-state index >= 15 is 0 Å². The lowest BCUT2D eigenvalue weighted by Crippen LogP contribution is -2.45. The quantitative estimate of drug-likeness (QED) is 0.108. The summed E-state index contributed by atoms with van der Waals surface area (Å²) in [7, 11) is 5.80. The highest BCUT2D eigenvalue weighted by Crippen LogP contribution is 2.30. The lowest BCUT2D eigenvalue weighted by molar-refractivity contribution is -0.873. The average Bonchev–Trinajstić information content (AvgIpc) is 3.39. The zero-order valence-corrected chi connectivity index (χ0v) is 20.0. The van der Waals surface area contributed by atoms with Gasteiger partial charge in [0.05, 0.1) is 33.4 Å². The molecular weight excluding hydrogens is 394 g/mol. The summed E-state index contributed by atoms with van der Waals surface area (Å²) in [4.78, 5) is 22.9. The normalized spacial score (nSPS) is 19.7. The molecule has 0 amide bonds. The molecule has 0 aromatic rings. The number of epoxide rings is 1. The Morgan fingerprint density at radius 3 is 2.45 bits per heavy atom. The van der Waals surface area contributed by atoms with E-state index in [0.29, 0.717) is 29.7 Å². The fourth-order valence-corrected chi connectivity index (χ4v) is 3.57. The summed E-state index contributed by atoms with van der Waals surface area (Å²) in [5, 5.41) is 10.9. The summed E-state index contributed by atoms with van der Waals surface area (Å²) in [6.45, 7) is 2.67. The molecule has 0 spiro atoms. The first-order chi connectivity index (χ1) is 14.7. The van der Waals surface area contributed by atoms with Crippen LogP contribution >= 0.6 is 0 Å². The summed E-state index contributed by atoms with van der Waals surface area (Å²) < 4.78 is 11.6. The van der Waals surface area contributed by atoms with E-state index in [9.17, 15) is 14.7 Å². The van der Waals surface area contributed by atoms with Crippen LogP contribution in [0.4, 0.5) is 0 Å². The van der Waals surface area contributed by atoms with E-state index in [1.54, 1.807) is 0 Å². The van der Waals surface area contributed by atoms with Gasteiger partial charge in [0, 0.05) is 18.8 Å². The number of ether oxygens (including phenoxy) is 2. The lowest BCUT2D eigenvalue weighted by atomic mass is 10.1. The smallest absolute Gasteiger partial charge is 0.306 e. The molecule has 0 bridgehead atoms. The number of carboxylic acids is 1. The second-order valence-electron chi connectivity index (χ2n) is 9.53. The van der Waals surface area contributed by atoms with Gasteiger partial charge in [0.2, 0.25) is 0 Å². The van der Waals surface area contributed by atoms with Crippen molar-refractivity contribution < 1.29 is 28.7 Å². The maximum Gasteiger partial charge on any atom is 0.306 e. The lowest BCUT2D eigenvalue weighted by Gasteiger charge is -2.29. The third kappa shape index (κ3) is 15.7. The fraction of sp³-hybridized carbons (Fsp3) is 0.760. The summed E-state index contributed by atoms with van der Waals surface area (Å²) >= 11 is 0. The van der Waals surface area contributed by atoms with Crippen molar-refractivity contribution in [3.63, 3.8) is 0 Å². The van der Waals surface area contributed by atoms with E-state index in [1.807, 2.05) is 21.1 Å². The number of carbonyl (C=O) groups excluding carboxylic acids is 2. The Kier molecular flexibility index (Phi) is 13.4. The van der Waals surface area contributed by atoms with Gasteiger partial charge in [-0.05, 0) is 38.5 Å². The zero-order valence-electron chi connectivity index (χ0n) is 20.0. The van der Waals surface area contributed by atoms with Crippen molar-refractivity contribution >= 4 is 11.9 Å². The van der Waals surface area contributed by atoms with Gasteiger partial charge in [0.15, 0.2) is 6.10 Å². The highest BCUT2D eigenvalue weighted by atomic mass is 16.6. The monoisotopic (exact) mass is 437 g/mol. The minimum atomic E-state index is -1.19. The van der Waals surface area contributed by atoms with E-state index in [-0.39, 0.29) is 12.4 Å². The molecule has 1 heterocycles. The van der Waals surface area contributed by atoms with Crippen LogP contribution < -0.4 is 5.11 Å². The number of unbranched alkanes of at least 4 members (excludes halogenated alkanes) is 4. The molecule has 0 radical (unpaired) electrons. The number of esters is 1. The molecule has 0 N–H and O–H groups in total. The molecule has 6 heteroatoms. The van der Waals surface area contributed by atoms with Crippen LogP contribution in [0.15, 0.2) is 24.3 Å². The number of nitrogens with zero attached hydrogens (tertiary/aromatic N) is 1. The predicted molar refractivity (Wildman–Crippen MR) is 121 cm³/mol. The summed E-state index contributed by atoms with van der Waals surface area (Å²) in [6.07, 6.45) is 18.6. The van der Waals surface area contributed by atoms with Crippen molar-refractivity contribution in [1.82, 2.24) is 0 Å². The SMILES string of the molecule is CCCCCC1OC1C/C=C/C/C=C/CCCCC(=O)OC(CC(=O)[O-])C[N+](C)(C)C. The molecule has 1 saturated heterocycles. The maximum atomic E-state index is 12.0. The number of carbonyl (C=O) groups is 2. The molecule has 0 saturated carbocycles. The first-order valence-electron chi connectivity index (χ1n) is 11.9. The Morgan fingerprint density at radius 2 is 1.77 bits per heavy atom. The van der Waals surface area contributed by atoms with Gasteiger partial charge < -0.3 is 23.9 Å². The number of allylic oxidation sites excluding steroid dienone is 3. The van der Waals surface area contributed by atoms with Gasteiger partial charge >= 0.3 is 5.97 Å². The largest absolute Gasteiger partial charge is 0.550 e. The Morgan fingerprint density at radius 1 is 1.03 bits per heavy atom. The van der Waals surface area contributed by atoms with Crippen LogP contribution in [0.1, 0.15) is 77.6 Å². The van der Waals surface area contributed by atoms with Crippen molar-refractivity contribution in [1.29, 1.82) is 0 Å². The number of carboxylic acid groups (broad SMARTS) is 1. The number of rotatable bonds is 18. The summed E-state index contributed by atoms with van der Waals surface area (Å²) in [5.74, 6) is -1.52. The molecule has 178 valence electrons. The first kappa shape index (κ1) is 27.4. The molecule has 3 unspecified atom stereocenters. The third-order valence-electron chi connectivity index (χ3n) is 5.20.